The zero-order valence-corrected chi connectivity index (χ0v) is 15.9. The third-order valence-electron chi connectivity index (χ3n) is 4.50. The molecule has 1 fully saturated rings. The van der Waals surface area contributed by atoms with Crippen molar-refractivity contribution in [1.82, 2.24) is 10.3 Å². The summed E-state index contributed by atoms with van der Waals surface area (Å²) in [6.45, 7) is 0. The first-order chi connectivity index (χ1) is 12.8. The maximum absolute atomic E-state index is 13.0. The number of rotatable bonds is 4. The highest BCUT2D eigenvalue weighted by Gasteiger charge is 2.42. The minimum absolute atomic E-state index is 0.0999. The molecule has 1 aliphatic rings. The number of hydrogen-bond donors (Lipinski definition) is 1. The Morgan fingerprint density at radius 3 is 2.78 bits per heavy atom. The van der Waals surface area contributed by atoms with Crippen LogP contribution in [0, 0.1) is 5.92 Å². The molecule has 2 atom stereocenters. The van der Waals surface area contributed by atoms with Gasteiger partial charge in [0.25, 0.3) is 5.91 Å². The number of carbonyl (C=O) groups excluding carboxylic acids is 1. The van der Waals surface area contributed by atoms with E-state index in [0.29, 0.717) is 18.6 Å². The molecule has 4 nitrogen and oxygen atoms in total. The maximum atomic E-state index is 13.0. The van der Waals surface area contributed by atoms with E-state index in [9.17, 15) is 18.0 Å². The minimum atomic E-state index is -4.23. The number of aromatic nitrogens is 1. The molecule has 0 spiro atoms. The second kappa shape index (κ2) is 8.29. The van der Waals surface area contributed by atoms with Gasteiger partial charge in [-0.05, 0) is 49.6 Å². The third kappa shape index (κ3) is 5.22. The van der Waals surface area contributed by atoms with Gasteiger partial charge in [0.15, 0.2) is 0 Å². The Balaban J connectivity index is 1.72. The van der Waals surface area contributed by atoms with Crippen LogP contribution in [0.4, 0.5) is 13.2 Å². The van der Waals surface area contributed by atoms with E-state index < -0.39 is 24.0 Å². The van der Waals surface area contributed by atoms with Crippen molar-refractivity contribution in [2.24, 2.45) is 5.92 Å². The first kappa shape index (κ1) is 19.7. The fourth-order valence-corrected chi connectivity index (χ4v) is 3.55. The van der Waals surface area contributed by atoms with Gasteiger partial charge in [-0.25, -0.2) is 4.98 Å². The SMILES string of the molecule is O=C(N[C@H]1CCC[C@@H](C(F)(F)F)C1)c1cccnc1Oc1cccc(Br)c1. The molecule has 0 bridgehead atoms. The van der Waals surface area contributed by atoms with E-state index in [1.807, 2.05) is 6.07 Å². The molecule has 1 aromatic heterocycles. The minimum Gasteiger partial charge on any atom is -0.438 e. The van der Waals surface area contributed by atoms with Gasteiger partial charge >= 0.3 is 6.18 Å². The third-order valence-corrected chi connectivity index (χ3v) is 4.99. The second-order valence-corrected chi connectivity index (χ2v) is 7.41. The number of nitrogens with one attached hydrogen (secondary N) is 1. The standard InChI is InChI=1S/C19H18BrF3N2O2/c20-13-5-2-7-15(11-13)27-18-16(8-3-9-24-18)17(26)25-14-6-1-4-12(10-14)19(21,22)23/h2-3,5,7-9,11-12,14H,1,4,6,10H2,(H,25,26)/t12-,14+/m1/s1. The van der Waals surface area contributed by atoms with Gasteiger partial charge in [-0.1, -0.05) is 28.4 Å². The Labute approximate surface area is 163 Å². The van der Waals surface area contributed by atoms with Crippen LogP contribution < -0.4 is 10.1 Å². The first-order valence-corrected chi connectivity index (χ1v) is 9.38. The highest BCUT2D eigenvalue weighted by atomic mass is 79.9. The van der Waals surface area contributed by atoms with Crippen molar-refractivity contribution in [2.75, 3.05) is 0 Å². The van der Waals surface area contributed by atoms with Crippen molar-refractivity contribution in [2.45, 2.75) is 37.9 Å². The molecule has 3 rings (SSSR count). The van der Waals surface area contributed by atoms with Gasteiger partial charge in [0.05, 0.1) is 5.92 Å². The summed E-state index contributed by atoms with van der Waals surface area (Å²) in [6.07, 6.45) is -1.77. The maximum Gasteiger partial charge on any atom is 0.391 e. The molecule has 1 aliphatic carbocycles. The number of ether oxygens (including phenoxy) is 1. The lowest BCUT2D eigenvalue weighted by Crippen LogP contribution is -2.41. The average Bonchev–Trinajstić information content (AvgIpc) is 2.62. The number of carbonyl (C=O) groups is 1. The summed E-state index contributed by atoms with van der Waals surface area (Å²) < 4.78 is 45.4. The van der Waals surface area contributed by atoms with Gasteiger partial charge in [0.1, 0.15) is 11.3 Å². The summed E-state index contributed by atoms with van der Waals surface area (Å²) in [6, 6.07) is 9.67. The lowest BCUT2D eigenvalue weighted by Gasteiger charge is -2.31. The van der Waals surface area contributed by atoms with Crippen LogP contribution in [-0.4, -0.2) is 23.1 Å². The molecule has 144 valence electrons. The van der Waals surface area contributed by atoms with E-state index in [-0.39, 0.29) is 24.3 Å². The summed E-state index contributed by atoms with van der Waals surface area (Å²) in [5, 5.41) is 2.71. The number of pyridine rings is 1. The molecular weight excluding hydrogens is 425 g/mol. The van der Waals surface area contributed by atoms with Crippen molar-refractivity contribution >= 4 is 21.8 Å². The predicted octanol–water partition coefficient (Wildman–Crippen LogP) is 5.49. The fraction of sp³-hybridized carbons (Fsp3) is 0.368. The highest BCUT2D eigenvalue weighted by molar-refractivity contribution is 9.10. The quantitative estimate of drug-likeness (QED) is 0.681. The molecule has 2 aromatic rings. The number of nitrogens with zero attached hydrogens (tertiary/aromatic N) is 1. The van der Waals surface area contributed by atoms with Crippen molar-refractivity contribution in [3.63, 3.8) is 0 Å². The van der Waals surface area contributed by atoms with E-state index >= 15 is 0 Å². The van der Waals surface area contributed by atoms with Crippen molar-refractivity contribution < 1.29 is 22.7 Å². The van der Waals surface area contributed by atoms with E-state index in [1.54, 1.807) is 30.3 Å². The van der Waals surface area contributed by atoms with Crippen LogP contribution in [0.15, 0.2) is 47.1 Å². The summed E-state index contributed by atoms with van der Waals surface area (Å²) in [5.74, 6) is -1.26. The zero-order valence-electron chi connectivity index (χ0n) is 14.3. The molecule has 8 heteroatoms. The number of hydrogen-bond acceptors (Lipinski definition) is 3. The van der Waals surface area contributed by atoms with Gasteiger partial charge in [0, 0.05) is 16.7 Å². The highest BCUT2D eigenvalue weighted by Crippen LogP contribution is 2.37. The molecule has 0 radical (unpaired) electrons. The lowest BCUT2D eigenvalue weighted by atomic mass is 9.85. The van der Waals surface area contributed by atoms with Crippen LogP contribution in [0.2, 0.25) is 0 Å². The van der Waals surface area contributed by atoms with Crippen LogP contribution in [0.3, 0.4) is 0 Å². The number of benzene rings is 1. The van der Waals surface area contributed by atoms with Gasteiger partial charge in [-0.15, -0.1) is 0 Å². The average molecular weight is 443 g/mol. The molecule has 0 aliphatic heterocycles. The zero-order chi connectivity index (χ0) is 19.4. The Bertz CT molecular complexity index is 814. The molecule has 1 amide bonds. The smallest absolute Gasteiger partial charge is 0.391 e. The lowest BCUT2D eigenvalue weighted by molar-refractivity contribution is -0.183. The van der Waals surface area contributed by atoms with Crippen molar-refractivity contribution in [1.29, 1.82) is 0 Å². The topological polar surface area (TPSA) is 51.2 Å². The van der Waals surface area contributed by atoms with Crippen molar-refractivity contribution in [3.05, 3.63) is 52.6 Å². The molecule has 1 N–H and O–H groups in total. The molecular formula is C19H18BrF3N2O2. The Hall–Kier alpha value is -2.09. The monoisotopic (exact) mass is 442 g/mol. The Morgan fingerprint density at radius 2 is 2.04 bits per heavy atom. The van der Waals surface area contributed by atoms with E-state index in [0.717, 1.165) is 4.47 Å². The van der Waals surface area contributed by atoms with E-state index in [4.69, 9.17) is 4.74 Å². The number of alkyl halides is 3. The van der Waals surface area contributed by atoms with E-state index in [1.165, 1.54) is 6.20 Å². The van der Waals surface area contributed by atoms with Crippen LogP contribution in [0.25, 0.3) is 0 Å². The molecule has 1 saturated carbocycles. The predicted molar refractivity (Wildman–Crippen MR) is 97.7 cm³/mol. The molecule has 27 heavy (non-hydrogen) atoms. The fourth-order valence-electron chi connectivity index (χ4n) is 3.17. The normalized spacial score (nSPS) is 20.1. The Kier molecular flexibility index (Phi) is 6.04. The molecule has 0 unspecified atom stereocenters. The summed E-state index contributed by atoms with van der Waals surface area (Å²) in [7, 11) is 0. The van der Waals surface area contributed by atoms with Crippen LogP contribution in [-0.2, 0) is 0 Å². The van der Waals surface area contributed by atoms with E-state index in [2.05, 4.69) is 26.2 Å². The molecule has 1 heterocycles. The van der Waals surface area contributed by atoms with Gasteiger partial charge < -0.3 is 10.1 Å². The Morgan fingerprint density at radius 1 is 1.22 bits per heavy atom. The largest absolute Gasteiger partial charge is 0.438 e. The van der Waals surface area contributed by atoms with Crippen LogP contribution >= 0.6 is 15.9 Å². The van der Waals surface area contributed by atoms with Crippen LogP contribution in [0.5, 0.6) is 11.6 Å². The molecule has 0 saturated heterocycles. The summed E-state index contributed by atoms with van der Waals surface area (Å²) >= 11 is 3.34. The summed E-state index contributed by atoms with van der Waals surface area (Å²) in [5.41, 5.74) is 0.187. The van der Waals surface area contributed by atoms with Crippen molar-refractivity contribution in [3.8, 4) is 11.6 Å². The second-order valence-electron chi connectivity index (χ2n) is 6.49. The summed E-state index contributed by atoms with van der Waals surface area (Å²) in [4.78, 5) is 16.7. The van der Waals surface area contributed by atoms with Gasteiger partial charge in [-0.3, -0.25) is 4.79 Å². The van der Waals surface area contributed by atoms with Gasteiger partial charge in [0.2, 0.25) is 5.88 Å². The van der Waals surface area contributed by atoms with Gasteiger partial charge in [-0.2, -0.15) is 13.2 Å². The number of amides is 1. The first-order valence-electron chi connectivity index (χ1n) is 8.59. The number of halogens is 4. The van der Waals surface area contributed by atoms with Crippen LogP contribution in [0.1, 0.15) is 36.0 Å². The molecule has 1 aromatic carbocycles.